The highest BCUT2D eigenvalue weighted by molar-refractivity contribution is 8.19. The second kappa shape index (κ2) is 7.62. The van der Waals surface area contributed by atoms with Gasteiger partial charge in [0.1, 0.15) is 0 Å². The molecular weight excluding hydrogens is 330 g/mol. The molecule has 1 aliphatic carbocycles. The lowest BCUT2D eigenvalue weighted by Crippen LogP contribution is -2.29. The van der Waals surface area contributed by atoms with Gasteiger partial charge in [-0.1, -0.05) is 12.1 Å². The first-order valence-electron chi connectivity index (χ1n) is 8.00. The summed E-state index contributed by atoms with van der Waals surface area (Å²) in [6.45, 7) is 0. The number of thioether (sulfide) groups is 2. The number of carbonyl (C=O) groups is 2. The van der Waals surface area contributed by atoms with Crippen LogP contribution in [-0.2, 0) is 9.59 Å². The molecule has 0 aromatic heterocycles. The Hall–Kier alpha value is -1.14. The van der Waals surface area contributed by atoms with Crippen LogP contribution in [0.2, 0.25) is 0 Å². The second-order valence-corrected chi connectivity index (χ2v) is 8.80. The Labute approximate surface area is 144 Å². The minimum absolute atomic E-state index is 0.0257. The highest BCUT2D eigenvalue weighted by Crippen LogP contribution is 2.45. The van der Waals surface area contributed by atoms with Crippen LogP contribution in [-0.4, -0.2) is 28.5 Å². The van der Waals surface area contributed by atoms with Crippen LogP contribution in [0.1, 0.15) is 35.8 Å². The summed E-state index contributed by atoms with van der Waals surface area (Å²) in [6.07, 6.45) is 2.53. The van der Waals surface area contributed by atoms with Crippen LogP contribution < -0.4 is 5.32 Å². The van der Waals surface area contributed by atoms with Crippen molar-refractivity contribution in [2.24, 2.45) is 11.8 Å². The number of benzene rings is 1. The second-order valence-electron chi connectivity index (χ2n) is 6.08. The molecule has 2 N–H and O–H groups in total. The van der Waals surface area contributed by atoms with Crippen molar-refractivity contribution in [1.29, 1.82) is 0 Å². The lowest BCUT2D eigenvalue weighted by Gasteiger charge is -2.25. The maximum atomic E-state index is 12.4. The normalized spacial score (nSPS) is 25.2. The van der Waals surface area contributed by atoms with Crippen molar-refractivity contribution in [2.45, 2.75) is 30.3 Å². The van der Waals surface area contributed by atoms with Gasteiger partial charge in [-0.3, -0.25) is 9.59 Å². The highest BCUT2D eigenvalue weighted by atomic mass is 32.2. The Morgan fingerprint density at radius 2 is 1.70 bits per heavy atom. The minimum atomic E-state index is -0.733. The van der Waals surface area contributed by atoms with E-state index in [1.165, 1.54) is 17.1 Å². The van der Waals surface area contributed by atoms with Gasteiger partial charge < -0.3 is 10.4 Å². The molecule has 2 fully saturated rings. The van der Waals surface area contributed by atoms with Crippen molar-refractivity contribution in [2.75, 3.05) is 16.8 Å². The Morgan fingerprint density at radius 3 is 2.35 bits per heavy atom. The van der Waals surface area contributed by atoms with Crippen molar-refractivity contribution < 1.29 is 14.7 Å². The zero-order valence-corrected chi connectivity index (χ0v) is 14.5. The first-order chi connectivity index (χ1) is 11.1. The Balaban J connectivity index is 1.58. The maximum absolute atomic E-state index is 12.4. The summed E-state index contributed by atoms with van der Waals surface area (Å²) in [7, 11) is 0. The molecule has 1 aromatic carbocycles. The Bertz CT molecular complexity index is 579. The molecule has 1 saturated heterocycles. The monoisotopic (exact) mass is 351 g/mol. The summed E-state index contributed by atoms with van der Waals surface area (Å²) in [5.41, 5.74) is 2.10. The van der Waals surface area contributed by atoms with Crippen LogP contribution in [0.15, 0.2) is 24.3 Å². The van der Waals surface area contributed by atoms with E-state index in [1.54, 1.807) is 0 Å². The number of aliphatic carboxylic acids is 1. The van der Waals surface area contributed by atoms with Crippen molar-refractivity contribution in [3.05, 3.63) is 29.8 Å². The third-order valence-corrected chi connectivity index (χ3v) is 7.60. The summed E-state index contributed by atoms with van der Waals surface area (Å²) in [5.74, 6) is 1.31. The van der Waals surface area contributed by atoms with E-state index < -0.39 is 5.97 Å². The number of anilines is 1. The number of carbonyl (C=O) groups excluding carboxylic acids is 1. The molecule has 2 aliphatic rings. The highest BCUT2D eigenvalue weighted by Gasteiger charge is 2.29. The first-order valence-corrected chi connectivity index (χ1v) is 10.1. The lowest BCUT2D eigenvalue weighted by molar-refractivity contribution is -0.143. The van der Waals surface area contributed by atoms with Gasteiger partial charge in [0.25, 0.3) is 0 Å². The molecule has 1 saturated carbocycles. The van der Waals surface area contributed by atoms with Crippen molar-refractivity contribution >= 4 is 41.1 Å². The van der Waals surface area contributed by atoms with E-state index in [0.717, 1.165) is 5.69 Å². The van der Waals surface area contributed by atoms with E-state index in [2.05, 4.69) is 17.4 Å². The molecule has 1 aromatic rings. The molecule has 1 heterocycles. The van der Waals surface area contributed by atoms with Gasteiger partial charge in [-0.2, -0.15) is 0 Å². The van der Waals surface area contributed by atoms with Crippen molar-refractivity contribution in [3.8, 4) is 0 Å². The summed E-state index contributed by atoms with van der Waals surface area (Å²) in [5, 5.41) is 12.0. The summed E-state index contributed by atoms with van der Waals surface area (Å²) < 4.78 is 0.470. The van der Waals surface area contributed by atoms with Crippen LogP contribution in [0.25, 0.3) is 0 Å². The standard InChI is InChI=1S/C17H21NO3S2/c19-15(11-4-6-12(7-5-11)16(20)21)18-14-3-1-2-13(10-14)17-22-8-9-23-17/h1-3,10-12,17H,4-9H2,(H,18,19)(H,20,21). The van der Waals surface area contributed by atoms with E-state index in [9.17, 15) is 9.59 Å². The molecule has 1 aliphatic heterocycles. The molecule has 6 heteroatoms. The molecule has 0 spiro atoms. The van der Waals surface area contributed by atoms with Gasteiger partial charge >= 0.3 is 5.97 Å². The van der Waals surface area contributed by atoms with Crippen LogP contribution in [0.4, 0.5) is 5.69 Å². The molecule has 0 unspecified atom stereocenters. The minimum Gasteiger partial charge on any atom is -0.481 e. The summed E-state index contributed by atoms with van der Waals surface area (Å²) in [6, 6.07) is 8.10. The van der Waals surface area contributed by atoms with Gasteiger partial charge in [-0.05, 0) is 43.4 Å². The van der Waals surface area contributed by atoms with Crippen LogP contribution in [0.3, 0.4) is 0 Å². The predicted octanol–water partition coefficient (Wildman–Crippen LogP) is 3.99. The number of nitrogens with one attached hydrogen (secondary N) is 1. The Morgan fingerprint density at radius 1 is 1.04 bits per heavy atom. The van der Waals surface area contributed by atoms with Gasteiger partial charge in [0.15, 0.2) is 0 Å². The number of amides is 1. The molecule has 0 radical (unpaired) electrons. The van der Waals surface area contributed by atoms with Crippen molar-refractivity contribution in [1.82, 2.24) is 0 Å². The fraction of sp³-hybridized carbons (Fsp3) is 0.529. The SMILES string of the molecule is O=C(O)C1CCC(C(=O)Nc2cccc(C3SCCS3)c2)CC1. The van der Waals surface area contributed by atoms with E-state index in [0.29, 0.717) is 30.3 Å². The number of hydrogen-bond acceptors (Lipinski definition) is 4. The van der Waals surface area contributed by atoms with Gasteiger partial charge in [-0.15, -0.1) is 23.5 Å². The number of rotatable bonds is 4. The van der Waals surface area contributed by atoms with Crippen LogP contribution in [0, 0.1) is 11.8 Å². The molecule has 1 amide bonds. The largest absolute Gasteiger partial charge is 0.481 e. The number of carboxylic acid groups (broad SMARTS) is 1. The van der Waals surface area contributed by atoms with Gasteiger partial charge in [0.2, 0.25) is 5.91 Å². The summed E-state index contributed by atoms with van der Waals surface area (Å²) in [4.78, 5) is 23.4. The Kier molecular flexibility index (Phi) is 5.54. The van der Waals surface area contributed by atoms with Crippen LogP contribution >= 0.6 is 23.5 Å². The molecule has 3 rings (SSSR count). The van der Waals surface area contributed by atoms with E-state index in [4.69, 9.17) is 5.11 Å². The van der Waals surface area contributed by atoms with Crippen LogP contribution in [0.5, 0.6) is 0 Å². The van der Waals surface area contributed by atoms with Gasteiger partial charge in [0.05, 0.1) is 10.5 Å². The van der Waals surface area contributed by atoms with E-state index in [1.807, 2.05) is 35.7 Å². The topological polar surface area (TPSA) is 66.4 Å². The van der Waals surface area contributed by atoms with Crippen molar-refractivity contribution in [3.63, 3.8) is 0 Å². The third-order valence-electron chi connectivity index (χ3n) is 4.50. The maximum Gasteiger partial charge on any atom is 0.306 e. The molecule has 4 nitrogen and oxygen atoms in total. The zero-order valence-electron chi connectivity index (χ0n) is 12.9. The first kappa shape index (κ1) is 16.7. The number of hydrogen-bond donors (Lipinski definition) is 2. The average molecular weight is 351 g/mol. The molecule has 23 heavy (non-hydrogen) atoms. The number of carboxylic acids is 1. The smallest absolute Gasteiger partial charge is 0.306 e. The molecule has 124 valence electrons. The lowest BCUT2D eigenvalue weighted by atomic mass is 9.81. The van der Waals surface area contributed by atoms with E-state index in [-0.39, 0.29) is 17.7 Å². The summed E-state index contributed by atoms with van der Waals surface area (Å²) >= 11 is 3.90. The average Bonchev–Trinajstić information content (AvgIpc) is 3.10. The molecule has 0 bridgehead atoms. The fourth-order valence-electron chi connectivity index (χ4n) is 3.16. The molecular formula is C17H21NO3S2. The van der Waals surface area contributed by atoms with Gasteiger partial charge in [-0.25, -0.2) is 0 Å². The predicted molar refractivity (Wildman–Crippen MR) is 95.8 cm³/mol. The molecule has 0 atom stereocenters. The quantitative estimate of drug-likeness (QED) is 0.858. The van der Waals surface area contributed by atoms with E-state index >= 15 is 0 Å². The third kappa shape index (κ3) is 4.23. The fourth-order valence-corrected chi connectivity index (χ4v) is 6.00. The zero-order chi connectivity index (χ0) is 16.2. The van der Waals surface area contributed by atoms with Gasteiger partial charge in [0, 0.05) is 23.1 Å².